The fourth-order valence-corrected chi connectivity index (χ4v) is 3.87. The average molecular weight is 313 g/mol. The van der Waals surface area contributed by atoms with E-state index in [9.17, 15) is 15.2 Å². The molecule has 1 atom stereocenters. The summed E-state index contributed by atoms with van der Waals surface area (Å²) in [7, 11) is 6.03. The van der Waals surface area contributed by atoms with Gasteiger partial charge in [0.15, 0.2) is 5.00 Å². The van der Waals surface area contributed by atoms with Gasteiger partial charge in [0.25, 0.3) is 0 Å². The van der Waals surface area contributed by atoms with E-state index in [1.807, 2.05) is 11.9 Å². The van der Waals surface area contributed by atoms with Crippen molar-refractivity contribution in [3.63, 3.8) is 0 Å². The lowest BCUT2D eigenvalue weighted by molar-refractivity contribution is -0.383. The minimum Gasteiger partial charge on any atom is -0.388 e. The van der Waals surface area contributed by atoms with Crippen molar-refractivity contribution in [2.45, 2.75) is 37.8 Å². The quantitative estimate of drug-likeness (QED) is 0.646. The van der Waals surface area contributed by atoms with Crippen LogP contribution in [0.15, 0.2) is 6.07 Å². The van der Waals surface area contributed by atoms with Crippen LogP contribution in [0.3, 0.4) is 0 Å². The minimum atomic E-state index is -0.678. The van der Waals surface area contributed by atoms with Gasteiger partial charge in [-0.2, -0.15) is 0 Å². The summed E-state index contributed by atoms with van der Waals surface area (Å²) in [5.74, 6) is 0. The second-order valence-electron chi connectivity index (χ2n) is 6.10. The van der Waals surface area contributed by atoms with E-state index >= 15 is 0 Å². The number of hydrogen-bond acceptors (Lipinski definition) is 6. The summed E-state index contributed by atoms with van der Waals surface area (Å²) < 4.78 is 0. The molecule has 1 aromatic heterocycles. The normalized spacial score (nSPS) is 18.4. The van der Waals surface area contributed by atoms with E-state index in [-0.39, 0.29) is 16.1 Å². The molecule has 1 fully saturated rings. The maximum atomic E-state index is 11.2. The zero-order chi connectivity index (χ0) is 15.8. The summed E-state index contributed by atoms with van der Waals surface area (Å²) in [4.78, 5) is 15.7. The molecule has 1 aliphatic rings. The highest BCUT2D eigenvalue weighted by molar-refractivity contribution is 7.16. The Bertz CT molecular complexity index is 524. The molecule has 0 unspecified atom stereocenters. The minimum absolute atomic E-state index is 0.0895. The van der Waals surface area contributed by atoms with Crippen molar-refractivity contribution in [1.82, 2.24) is 4.90 Å². The fraction of sp³-hybridized carbons (Fsp3) is 0.714. The zero-order valence-electron chi connectivity index (χ0n) is 13.0. The molecule has 1 saturated carbocycles. The molecule has 118 valence electrons. The molecule has 1 aromatic rings. The molecule has 0 bridgehead atoms. The molecule has 0 aromatic carbocycles. The number of hydrogen-bond donors (Lipinski definition) is 1. The summed E-state index contributed by atoms with van der Waals surface area (Å²) >= 11 is 1.31. The van der Waals surface area contributed by atoms with E-state index in [4.69, 9.17) is 0 Å². The van der Waals surface area contributed by atoms with Crippen molar-refractivity contribution < 1.29 is 10.0 Å². The predicted molar refractivity (Wildman–Crippen MR) is 85.1 cm³/mol. The maximum absolute atomic E-state index is 11.2. The molecule has 1 heterocycles. The van der Waals surface area contributed by atoms with Gasteiger partial charge in [-0.3, -0.25) is 10.1 Å². The third-order valence-electron chi connectivity index (χ3n) is 4.43. The third kappa shape index (κ3) is 3.04. The first kappa shape index (κ1) is 16.2. The van der Waals surface area contributed by atoms with Gasteiger partial charge in [0.1, 0.15) is 0 Å². The van der Waals surface area contributed by atoms with Gasteiger partial charge in [0, 0.05) is 30.1 Å². The zero-order valence-corrected chi connectivity index (χ0v) is 13.8. The van der Waals surface area contributed by atoms with E-state index in [1.165, 1.54) is 23.8 Å². The number of aliphatic hydroxyl groups is 1. The number of anilines is 1. The monoisotopic (exact) mass is 313 g/mol. The summed E-state index contributed by atoms with van der Waals surface area (Å²) in [6.07, 6.45) is 2.76. The molecule has 7 heteroatoms. The highest BCUT2D eigenvalue weighted by atomic mass is 32.1. The highest BCUT2D eigenvalue weighted by Gasteiger charge is 2.41. The van der Waals surface area contributed by atoms with Gasteiger partial charge >= 0.3 is 5.69 Å². The van der Waals surface area contributed by atoms with Crippen LogP contribution in [0.1, 0.15) is 37.2 Å². The summed E-state index contributed by atoms with van der Waals surface area (Å²) in [5, 5.41) is 21.5. The first-order valence-corrected chi connectivity index (χ1v) is 7.93. The number of nitro groups is 1. The van der Waals surface area contributed by atoms with Gasteiger partial charge in [-0.1, -0.05) is 0 Å². The van der Waals surface area contributed by atoms with E-state index in [0.29, 0.717) is 9.88 Å². The smallest absolute Gasteiger partial charge is 0.304 e. The molecule has 0 amide bonds. The van der Waals surface area contributed by atoms with E-state index in [0.717, 1.165) is 19.4 Å². The Balaban J connectivity index is 2.26. The number of rotatable bonds is 6. The van der Waals surface area contributed by atoms with Gasteiger partial charge in [-0.15, -0.1) is 11.3 Å². The van der Waals surface area contributed by atoms with Crippen molar-refractivity contribution in [2.24, 2.45) is 0 Å². The van der Waals surface area contributed by atoms with Crippen molar-refractivity contribution in [2.75, 3.05) is 32.6 Å². The molecular weight excluding hydrogens is 290 g/mol. The Kier molecular flexibility index (Phi) is 4.55. The van der Waals surface area contributed by atoms with Gasteiger partial charge in [-0.25, -0.2) is 0 Å². The fourth-order valence-electron chi connectivity index (χ4n) is 2.84. The third-order valence-corrected chi connectivity index (χ3v) is 5.84. The van der Waals surface area contributed by atoms with Crippen LogP contribution in [0.5, 0.6) is 0 Å². The highest BCUT2D eigenvalue weighted by Crippen LogP contribution is 2.43. The summed E-state index contributed by atoms with van der Waals surface area (Å²) in [6.45, 7) is 2.40. The SMILES string of the molecule is C[C@H](O)c1cc([N+](=O)[O-])c(N(C)CC2(N(C)C)CCC2)s1. The first-order valence-electron chi connectivity index (χ1n) is 7.11. The van der Waals surface area contributed by atoms with Crippen LogP contribution < -0.4 is 4.90 Å². The second kappa shape index (κ2) is 5.90. The Morgan fingerprint density at radius 2 is 2.10 bits per heavy atom. The molecule has 0 spiro atoms. The summed E-state index contributed by atoms with van der Waals surface area (Å²) in [6, 6.07) is 1.49. The molecule has 1 N–H and O–H groups in total. The van der Waals surface area contributed by atoms with E-state index in [2.05, 4.69) is 19.0 Å². The molecule has 0 aliphatic heterocycles. The molecule has 0 radical (unpaired) electrons. The van der Waals surface area contributed by atoms with E-state index in [1.54, 1.807) is 6.92 Å². The number of thiophene rings is 1. The van der Waals surface area contributed by atoms with Crippen molar-refractivity contribution in [3.8, 4) is 0 Å². The summed E-state index contributed by atoms with van der Waals surface area (Å²) in [5.41, 5.74) is 0.198. The molecule has 2 rings (SSSR count). The average Bonchev–Trinajstić information content (AvgIpc) is 2.78. The van der Waals surface area contributed by atoms with Crippen LogP contribution >= 0.6 is 11.3 Å². The van der Waals surface area contributed by atoms with Crippen LogP contribution in [0.25, 0.3) is 0 Å². The Morgan fingerprint density at radius 3 is 2.48 bits per heavy atom. The van der Waals surface area contributed by atoms with Crippen LogP contribution in [-0.2, 0) is 0 Å². The number of likely N-dealkylation sites (N-methyl/N-ethyl adjacent to an activating group) is 2. The van der Waals surface area contributed by atoms with Gasteiger partial charge in [0.2, 0.25) is 0 Å². The van der Waals surface area contributed by atoms with Crippen molar-refractivity contribution >= 4 is 22.0 Å². The van der Waals surface area contributed by atoms with Crippen molar-refractivity contribution in [1.29, 1.82) is 0 Å². The van der Waals surface area contributed by atoms with Gasteiger partial charge in [-0.05, 0) is 40.3 Å². The molecule has 6 nitrogen and oxygen atoms in total. The Hall–Kier alpha value is -1.18. The standard InChI is InChI=1S/C14H23N3O3S/c1-10(18)12-8-11(17(19)20)13(21-12)16(4)9-14(15(2)3)6-5-7-14/h8,10,18H,5-7,9H2,1-4H3/t10-/m0/s1. The number of aliphatic hydroxyl groups excluding tert-OH is 1. The second-order valence-corrected chi connectivity index (χ2v) is 7.16. The largest absolute Gasteiger partial charge is 0.388 e. The topological polar surface area (TPSA) is 69.8 Å². The first-order chi connectivity index (χ1) is 9.77. The maximum Gasteiger partial charge on any atom is 0.304 e. The van der Waals surface area contributed by atoms with Crippen LogP contribution in [0.4, 0.5) is 10.7 Å². The Labute approximate surface area is 129 Å². The van der Waals surface area contributed by atoms with Crippen LogP contribution in [0.2, 0.25) is 0 Å². The van der Waals surface area contributed by atoms with Crippen molar-refractivity contribution in [3.05, 3.63) is 21.1 Å². The van der Waals surface area contributed by atoms with Crippen LogP contribution in [-0.4, -0.2) is 48.2 Å². The van der Waals surface area contributed by atoms with Gasteiger partial charge in [0.05, 0.1) is 11.0 Å². The lowest BCUT2D eigenvalue weighted by atomic mass is 9.75. The molecule has 0 saturated heterocycles. The molecular formula is C14H23N3O3S. The van der Waals surface area contributed by atoms with Crippen LogP contribution in [0, 0.1) is 10.1 Å². The number of nitrogens with zero attached hydrogens (tertiary/aromatic N) is 3. The van der Waals surface area contributed by atoms with Gasteiger partial charge < -0.3 is 14.9 Å². The van der Waals surface area contributed by atoms with E-state index < -0.39 is 6.10 Å². The molecule has 1 aliphatic carbocycles. The predicted octanol–water partition coefficient (Wildman–Crippen LogP) is 2.63. The molecule has 21 heavy (non-hydrogen) atoms. The Morgan fingerprint density at radius 1 is 1.48 bits per heavy atom. The lowest BCUT2D eigenvalue weighted by Crippen LogP contribution is -2.56. The lowest BCUT2D eigenvalue weighted by Gasteiger charge is -2.49.